The van der Waals surface area contributed by atoms with Gasteiger partial charge in [-0.05, 0) is 18.6 Å². The van der Waals surface area contributed by atoms with Gasteiger partial charge in [0.05, 0.1) is 11.4 Å². The Hall–Kier alpha value is -2.36. The van der Waals surface area contributed by atoms with Gasteiger partial charge < -0.3 is 5.11 Å². The van der Waals surface area contributed by atoms with E-state index in [-0.39, 0.29) is 26.3 Å². The molecule has 0 atom stereocenters. The lowest BCUT2D eigenvalue weighted by atomic mass is 10.2. The van der Waals surface area contributed by atoms with E-state index in [1.807, 2.05) is 30.3 Å². The second kappa shape index (κ2) is 6.75. The fourth-order valence-corrected chi connectivity index (χ4v) is 5.32. The third-order valence-electron chi connectivity index (χ3n) is 3.60. The molecule has 10 heteroatoms. The summed E-state index contributed by atoms with van der Waals surface area (Å²) in [6.45, 7) is 1.52. The van der Waals surface area contributed by atoms with E-state index >= 15 is 0 Å². The third kappa shape index (κ3) is 3.33. The fourth-order valence-electron chi connectivity index (χ4n) is 2.48. The quantitative estimate of drug-likeness (QED) is 0.667. The first kappa shape index (κ1) is 18.4. The SMILES string of the molecule is Cc1nn(C)c(Cl)c1S(=O)(=O)Nc1cc(-c2ccccc2)sc1C(=O)O. The zero-order chi connectivity index (χ0) is 19.1. The van der Waals surface area contributed by atoms with Gasteiger partial charge in [-0.2, -0.15) is 5.10 Å². The minimum absolute atomic E-state index is 0.0133. The minimum atomic E-state index is -4.10. The van der Waals surface area contributed by atoms with E-state index in [2.05, 4.69) is 9.82 Å². The molecule has 26 heavy (non-hydrogen) atoms. The number of hydrogen-bond acceptors (Lipinski definition) is 5. The number of benzene rings is 1. The highest BCUT2D eigenvalue weighted by molar-refractivity contribution is 7.93. The summed E-state index contributed by atoms with van der Waals surface area (Å²) >= 11 is 7.03. The average molecular weight is 412 g/mol. The predicted molar refractivity (Wildman–Crippen MR) is 100 cm³/mol. The first-order chi connectivity index (χ1) is 12.2. The van der Waals surface area contributed by atoms with Crippen LogP contribution in [0.2, 0.25) is 5.15 Å². The number of aromatic carboxylic acids is 1. The Balaban J connectivity index is 2.07. The molecule has 0 fully saturated rings. The molecular weight excluding hydrogens is 398 g/mol. The number of anilines is 1. The summed E-state index contributed by atoms with van der Waals surface area (Å²) in [6, 6.07) is 10.6. The van der Waals surface area contributed by atoms with Crippen molar-refractivity contribution in [2.24, 2.45) is 7.05 Å². The summed E-state index contributed by atoms with van der Waals surface area (Å²) in [7, 11) is -2.58. The maximum Gasteiger partial charge on any atom is 0.348 e. The summed E-state index contributed by atoms with van der Waals surface area (Å²) < 4.78 is 29.1. The van der Waals surface area contributed by atoms with Crippen molar-refractivity contribution < 1.29 is 18.3 Å². The largest absolute Gasteiger partial charge is 0.477 e. The smallest absolute Gasteiger partial charge is 0.348 e. The standard InChI is InChI=1S/C16H14ClN3O4S2/c1-9-14(15(17)20(2)18-9)26(23,24)19-11-8-12(25-13(11)16(21)22)10-6-4-3-5-7-10/h3-8,19H,1-2H3,(H,21,22). The molecule has 3 aromatic rings. The van der Waals surface area contributed by atoms with Gasteiger partial charge in [0.15, 0.2) is 0 Å². The van der Waals surface area contributed by atoms with Gasteiger partial charge in [-0.1, -0.05) is 41.9 Å². The van der Waals surface area contributed by atoms with E-state index < -0.39 is 16.0 Å². The van der Waals surface area contributed by atoms with E-state index in [4.69, 9.17) is 11.6 Å². The molecule has 2 aromatic heterocycles. The van der Waals surface area contributed by atoms with E-state index in [1.54, 1.807) is 0 Å². The molecule has 136 valence electrons. The number of thiophene rings is 1. The highest BCUT2D eigenvalue weighted by atomic mass is 35.5. The molecule has 0 unspecified atom stereocenters. The maximum absolute atomic E-state index is 12.7. The van der Waals surface area contributed by atoms with Crippen LogP contribution in [-0.4, -0.2) is 29.3 Å². The molecular formula is C16H14ClN3O4S2. The lowest BCUT2D eigenvalue weighted by Gasteiger charge is -2.07. The van der Waals surface area contributed by atoms with Gasteiger partial charge in [-0.25, -0.2) is 13.2 Å². The van der Waals surface area contributed by atoms with Crippen molar-refractivity contribution in [3.8, 4) is 10.4 Å². The topological polar surface area (TPSA) is 101 Å². The van der Waals surface area contributed by atoms with Gasteiger partial charge in [-0.3, -0.25) is 9.40 Å². The summed E-state index contributed by atoms with van der Waals surface area (Å²) in [4.78, 5) is 11.9. The van der Waals surface area contributed by atoms with Crippen molar-refractivity contribution in [3.05, 3.63) is 52.1 Å². The number of hydrogen-bond donors (Lipinski definition) is 2. The molecule has 0 radical (unpaired) electrons. The van der Waals surface area contributed by atoms with Gasteiger partial charge in [0, 0.05) is 11.9 Å². The average Bonchev–Trinajstić information content (AvgIpc) is 3.09. The van der Waals surface area contributed by atoms with E-state index in [0.29, 0.717) is 4.88 Å². The van der Waals surface area contributed by atoms with Crippen molar-refractivity contribution in [2.45, 2.75) is 11.8 Å². The molecule has 0 spiro atoms. The molecule has 2 heterocycles. The number of sulfonamides is 1. The van der Waals surface area contributed by atoms with Gasteiger partial charge >= 0.3 is 5.97 Å². The summed E-state index contributed by atoms with van der Waals surface area (Å²) in [6.07, 6.45) is 0. The Labute approximate surface area is 158 Å². The van der Waals surface area contributed by atoms with Crippen molar-refractivity contribution in [3.63, 3.8) is 0 Å². The normalized spacial score (nSPS) is 11.5. The summed E-state index contributed by atoms with van der Waals surface area (Å²) in [5.41, 5.74) is 1.00. The second-order valence-electron chi connectivity index (χ2n) is 5.46. The van der Waals surface area contributed by atoms with Gasteiger partial charge in [0.25, 0.3) is 10.0 Å². The number of nitrogens with one attached hydrogen (secondary N) is 1. The number of halogens is 1. The number of carboxylic acid groups (broad SMARTS) is 1. The van der Waals surface area contributed by atoms with Crippen molar-refractivity contribution in [1.82, 2.24) is 9.78 Å². The Morgan fingerprint density at radius 2 is 1.96 bits per heavy atom. The van der Waals surface area contributed by atoms with Crippen LogP contribution in [0.5, 0.6) is 0 Å². The van der Waals surface area contributed by atoms with Crippen LogP contribution in [0, 0.1) is 6.92 Å². The molecule has 7 nitrogen and oxygen atoms in total. The van der Waals surface area contributed by atoms with E-state index in [0.717, 1.165) is 16.9 Å². The Morgan fingerprint density at radius 1 is 1.31 bits per heavy atom. The molecule has 0 amide bonds. The zero-order valence-electron chi connectivity index (χ0n) is 13.7. The summed E-state index contributed by atoms with van der Waals surface area (Å²) in [5.74, 6) is -1.22. The monoisotopic (exact) mass is 411 g/mol. The molecule has 0 aliphatic rings. The van der Waals surface area contributed by atoms with Crippen LogP contribution in [0.3, 0.4) is 0 Å². The van der Waals surface area contributed by atoms with Crippen LogP contribution in [0.4, 0.5) is 5.69 Å². The Morgan fingerprint density at radius 3 is 2.50 bits per heavy atom. The molecule has 0 saturated heterocycles. The van der Waals surface area contributed by atoms with Crippen molar-refractivity contribution in [2.75, 3.05) is 4.72 Å². The van der Waals surface area contributed by atoms with E-state index in [1.165, 1.54) is 24.7 Å². The first-order valence-corrected chi connectivity index (χ1v) is 10.0. The lowest BCUT2D eigenvalue weighted by molar-refractivity contribution is 0.0703. The zero-order valence-corrected chi connectivity index (χ0v) is 16.1. The number of aromatic nitrogens is 2. The Bertz CT molecular complexity index is 1090. The van der Waals surface area contributed by atoms with Gasteiger partial charge in [0.2, 0.25) is 0 Å². The number of carbonyl (C=O) groups is 1. The fraction of sp³-hybridized carbons (Fsp3) is 0.125. The molecule has 1 aromatic carbocycles. The van der Waals surface area contributed by atoms with Crippen LogP contribution >= 0.6 is 22.9 Å². The van der Waals surface area contributed by atoms with Crippen LogP contribution in [-0.2, 0) is 17.1 Å². The highest BCUT2D eigenvalue weighted by Crippen LogP contribution is 2.36. The highest BCUT2D eigenvalue weighted by Gasteiger charge is 2.28. The van der Waals surface area contributed by atoms with E-state index in [9.17, 15) is 18.3 Å². The van der Waals surface area contributed by atoms with Gasteiger partial charge in [0.1, 0.15) is 14.9 Å². The Kier molecular flexibility index (Phi) is 4.78. The first-order valence-electron chi connectivity index (χ1n) is 7.35. The van der Waals surface area contributed by atoms with Crippen LogP contribution in [0.1, 0.15) is 15.4 Å². The molecule has 0 aliphatic carbocycles. The number of nitrogens with zero attached hydrogens (tertiary/aromatic N) is 2. The lowest BCUT2D eigenvalue weighted by Crippen LogP contribution is -2.15. The third-order valence-corrected chi connectivity index (χ3v) is 6.83. The number of rotatable bonds is 5. The van der Waals surface area contributed by atoms with Crippen LogP contribution in [0.15, 0.2) is 41.3 Å². The minimum Gasteiger partial charge on any atom is -0.477 e. The molecule has 0 bridgehead atoms. The molecule has 0 saturated carbocycles. The van der Waals surface area contributed by atoms with Gasteiger partial charge in [-0.15, -0.1) is 11.3 Å². The molecule has 3 rings (SSSR count). The molecule has 2 N–H and O–H groups in total. The predicted octanol–water partition coefficient (Wildman–Crippen LogP) is 3.61. The van der Waals surface area contributed by atoms with Crippen LogP contribution < -0.4 is 4.72 Å². The van der Waals surface area contributed by atoms with Crippen LogP contribution in [0.25, 0.3) is 10.4 Å². The number of aryl methyl sites for hydroxylation is 2. The van der Waals surface area contributed by atoms with Crippen molar-refractivity contribution in [1.29, 1.82) is 0 Å². The summed E-state index contributed by atoms with van der Waals surface area (Å²) in [5, 5.41) is 13.4. The van der Waals surface area contributed by atoms with Crippen molar-refractivity contribution >= 4 is 44.6 Å². The number of carboxylic acids is 1. The second-order valence-corrected chi connectivity index (χ2v) is 8.49. The maximum atomic E-state index is 12.7. The molecule has 0 aliphatic heterocycles.